The van der Waals surface area contributed by atoms with Crippen molar-refractivity contribution in [1.82, 2.24) is 5.32 Å². The van der Waals surface area contributed by atoms with Gasteiger partial charge >= 0.3 is 5.97 Å². The van der Waals surface area contributed by atoms with Gasteiger partial charge in [-0.2, -0.15) is 0 Å². The van der Waals surface area contributed by atoms with E-state index in [1.807, 2.05) is 6.08 Å². The maximum Gasteiger partial charge on any atom is 0.305 e. The number of aliphatic hydroxyl groups excluding tert-OH is 2. The van der Waals surface area contributed by atoms with Crippen LogP contribution >= 0.6 is 0 Å². The summed E-state index contributed by atoms with van der Waals surface area (Å²) in [6.45, 7) is 4.96. The minimum Gasteiger partial charge on any atom is -0.466 e. The number of allylic oxidation sites excluding steroid dienone is 5. The van der Waals surface area contributed by atoms with Crippen LogP contribution in [0.25, 0.3) is 0 Å². The normalized spacial score (nSPS) is 12.6. The Bertz CT molecular complexity index is 1520. The van der Waals surface area contributed by atoms with Crippen LogP contribution in [-0.2, 0) is 14.3 Å². The molecule has 0 bridgehead atoms. The average molecular weight is 1320 g/mol. The van der Waals surface area contributed by atoms with Crippen molar-refractivity contribution in [1.29, 1.82) is 0 Å². The van der Waals surface area contributed by atoms with E-state index in [2.05, 4.69) is 43.5 Å². The highest BCUT2D eigenvalue weighted by Crippen LogP contribution is 2.21. The van der Waals surface area contributed by atoms with Crippen LogP contribution in [0.15, 0.2) is 36.5 Å². The Hall–Kier alpha value is -1.92. The van der Waals surface area contributed by atoms with E-state index in [4.69, 9.17) is 4.74 Å². The highest BCUT2D eigenvalue weighted by atomic mass is 16.5. The van der Waals surface area contributed by atoms with Crippen molar-refractivity contribution in [2.24, 2.45) is 0 Å². The number of nitrogens with one attached hydrogen (secondary N) is 1. The van der Waals surface area contributed by atoms with Crippen LogP contribution in [0.4, 0.5) is 0 Å². The van der Waals surface area contributed by atoms with Gasteiger partial charge in [0.15, 0.2) is 0 Å². The molecule has 0 saturated carbocycles. The second-order valence-corrected chi connectivity index (χ2v) is 29.9. The molecule has 0 aliphatic rings. The first kappa shape index (κ1) is 92.1. The molecule has 3 N–H and O–H groups in total. The molecule has 0 aromatic carbocycles. The lowest BCUT2D eigenvalue weighted by atomic mass is 10.0. The van der Waals surface area contributed by atoms with Crippen LogP contribution in [0.3, 0.4) is 0 Å². The highest BCUT2D eigenvalue weighted by molar-refractivity contribution is 5.76. The SMILES string of the molecule is CCCCCCCCCCCCCCCCCCCCCCCCC/C=C/C(O)C(CO)NC(=O)CCCCCCCCCCCCCCCCCCC/C=C\C/C=C\CCCCCCCCCCCCCCCCCOC(=O)CCCCCCCCCCCCCCC. The smallest absolute Gasteiger partial charge is 0.305 e. The van der Waals surface area contributed by atoms with Gasteiger partial charge in [0.05, 0.1) is 25.4 Å². The Morgan fingerprint density at radius 1 is 0.298 bits per heavy atom. The van der Waals surface area contributed by atoms with Crippen LogP contribution < -0.4 is 5.32 Å². The third-order valence-corrected chi connectivity index (χ3v) is 20.4. The summed E-state index contributed by atoms with van der Waals surface area (Å²) in [6.07, 6.45) is 110. The van der Waals surface area contributed by atoms with Crippen molar-refractivity contribution in [2.75, 3.05) is 13.2 Å². The third kappa shape index (κ3) is 79.1. The van der Waals surface area contributed by atoms with Gasteiger partial charge in [-0.25, -0.2) is 0 Å². The predicted molar refractivity (Wildman–Crippen MR) is 416 cm³/mol. The number of unbranched alkanes of at least 4 members (excludes halogenated alkanes) is 67. The van der Waals surface area contributed by atoms with Crippen LogP contribution in [0.2, 0.25) is 0 Å². The molecule has 0 aromatic heterocycles. The maximum atomic E-state index is 12.6. The van der Waals surface area contributed by atoms with Gasteiger partial charge in [0, 0.05) is 12.8 Å². The lowest BCUT2D eigenvalue weighted by molar-refractivity contribution is -0.143. The third-order valence-electron chi connectivity index (χ3n) is 20.4. The van der Waals surface area contributed by atoms with Crippen LogP contribution in [0.5, 0.6) is 0 Å². The molecule has 1 amide bonds. The van der Waals surface area contributed by atoms with Gasteiger partial charge in [-0.1, -0.05) is 448 Å². The van der Waals surface area contributed by atoms with Gasteiger partial charge in [-0.05, 0) is 64.2 Å². The Balaban J connectivity index is 3.38. The average Bonchev–Trinajstić information content (AvgIpc) is 3.79. The van der Waals surface area contributed by atoms with Crippen molar-refractivity contribution in [3.8, 4) is 0 Å². The summed E-state index contributed by atoms with van der Waals surface area (Å²) in [6, 6.07) is -0.627. The van der Waals surface area contributed by atoms with Gasteiger partial charge in [-0.3, -0.25) is 9.59 Å². The first-order chi connectivity index (χ1) is 46.5. The minimum absolute atomic E-state index is 0.0226. The molecule has 2 unspecified atom stereocenters. The van der Waals surface area contributed by atoms with Crippen LogP contribution in [-0.4, -0.2) is 47.4 Å². The van der Waals surface area contributed by atoms with Gasteiger partial charge in [0.2, 0.25) is 5.91 Å². The quantitative estimate of drug-likeness (QED) is 0.0320. The molecule has 0 heterocycles. The van der Waals surface area contributed by atoms with Gasteiger partial charge < -0.3 is 20.3 Å². The number of aliphatic hydroxyl groups is 2. The number of carbonyl (C=O) groups is 2. The fourth-order valence-electron chi connectivity index (χ4n) is 13.8. The van der Waals surface area contributed by atoms with Crippen molar-refractivity contribution < 1.29 is 24.5 Å². The molecule has 0 rings (SSSR count). The zero-order chi connectivity index (χ0) is 67.7. The lowest BCUT2D eigenvalue weighted by Crippen LogP contribution is -2.45. The molecule has 0 radical (unpaired) electrons. The summed E-state index contributed by atoms with van der Waals surface area (Å²) in [5.74, 6) is -0.0367. The predicted octanol–water partition coefficient (Wildman–Crippen LogP) is 28.9. The fraction of sp³-hybridized carbons (Fsp3) is 0.909. The zero-order valence-corrected chi connectivity index (χ0v) is 64.0. The Labute approximate surface area is 589 Å². The summed E-state index contributed by atoms with van der Waals surface area (Å²) >= 11 is 0. The molecular formula is C88H169NO5. The van der Waals surface area contributed by atoms with Gasteiger partial charge in [-0.15, -0.1) is 0 Å². The molecular weight excluding hydrogens is 1150 g/mol. The molecule has 0 spiro atoms. The maximum absolute atomic E-state index is 12.6. The van der Waals surface area contributed by atoms with Gasteiger partial charge in [0.1, 0.15) is 0 Å². The highest BCUT2D eigenvalue weighted by Gasteiger charge is 2.18. The molecule has 0 aliphatic heterocycles. The lowest BCUT2D eigenvalue weighted by Gasteiger charge is -2.20. The van der Waals surface area contributed by atoms with Crippen molar-refractivity contribution in [3.63, 3.8) is 0 Å². The Kier molecular flexibility index (Phi) is 81.8. The molecule has 0 aromatic rings. The molecule has 6 nitrogen and oxygen atoms in total. The summed E-state index contributed by atoms with van der Waals surface area (Å²) in [5, 5.41) is 23.3. The number of hydrogen-bond acceptors (Lipinski definition) is 5. The van der Waals surface area contributed by atoms with Crippen molar-refractivity contribution >= 4 is 11.9 Å². The summed E-state index contributed by atoms with van der Waals surface area (Å²) in [5.41, 5.74) is 0. The molecule has 94 heavy (non-hydrogen) atoms. The standard InChI is InChI=1S/C88H169NO5/c1-3-5-7-9-11-13-15-17-18-19-20-21-22-38-41-44-47-50-53-57-60-64-68-72-76-80-86(91)85(84-90)89-87(92)81-77-73-69-65-61-58-54-51-48-45-42-39-36-34-32-30-28-26-24-23-25-27-29-31-33-35-37-40-43-46-49-52-55-59-63-67-71-75-79-83-94-88(93)82-78-74-70-66-62-56-16-14-12-10-8-6-4-2/h23-24,27,29,76,80,85-86,90-91H,3-22,25-26,28,30-75,77-79,81-84H2,1-2H3,(H,89,92)/b24-23-,29-27-,80-76+. The molecule has 0 fully saturated rings. The number of hydrogen-bond donors (Lipinski definition) is 3. The summed E-state index contributed by atoms with van der Waals surface area (Å²) in [4.78, 5) is 24.6. The second-order valence-electron chi connectivity index (χ2n) is 29.9. The van der Waals surface area contributed by atoms with E-state index >= 15 is 0 Å². The van der Waals surface area contributed by atoms with E-state index in [9.17, 15) is 19.8 Å². The minimum atomic E-state index is -0.844. The summed E-state index contributed by atoms with van der Waals surface area (Å²) in [7, 11) is 0. The van der Waals surface area contributed by atoms with E-state index in [0.29, 0.717) is 19.4 Å². The van der Waals surface area contributed by atoms with Crippen molar-refractivity contribution in [3.05, 3.63) is 36.5 Å². The number of ether oxygens (including phenoxy) is 1. The first-order valence-corrected chi connectivity index (χ1v) is 43.3. The van der Waals surface area contributed by atoms with Crippen LogP contribution in [0, 0.1) is 0 Å². The number of amides is 1. The monoisotopic (exact) mass is 1320 g/mol. The van der Waals surface area contributed by atoms with Crippen molar-refractivity contribution in [2.45, 2.75) is 501 Å². The topological polar surface area (TPSA) is 95.9 Å². The van der Waals surface area contributed by atoms with Crippen LogP contribution in [0.1, 0.15) is 489 Å². The Morgan fingerprint density at radius 2 is 0.532 bits per heavy atom. The second kappa shape index (κ2) is 83.5. The van der Waals surface area contributed by atoms with E-state index < -0.39 is 12.1 Å². The number of carbonyl (C=O) groups excluding carboxylic acids is 2. The van der Waals surface area contributed by atoms with E-state index in [1.54, 1.807) is 6.08 Å². The molecule has 0 aliphatic carbocycles. The van der Waals surface area contributed by atoms with E-state index in [0.717, 1.165) is 44.9 Å². The number of rotatable bonds is 82. The summed E-state index contributed by atoms with van der Waals surface area (Å²) < 4.78 is 5.50. The zero-order valence-electron chi connectivity index (χ0n) is 64.0. The molecule has 0 saturated heterocycles. The fourth-order valence-corrected chi connectivity index (χ4v) is 13.8. The number of esters is 1. The first-order valence-electron chi connectivity index (χ1n) is 43.3. The van der Waals surface area contributed by atoms with E-state index in [-0.39, 0.29) is 18.5 Å². The van der Waals surface area contributed by atoms with E-state index in [1.165, 1.54) is 417 Å². The van der Waals surface area contributed by atoms with Gasteiger partial charge in [0.25, 0.3) is 0 Å². The molecule has 2 atom stereocenters. The Morgan fingerprint density at radius 3 is 0.809 bits per heavy atom. The molecule has 6 heteroatoms. The molecule has 556 valence electrons. The largest absolute Gasteiger partial charge is 0.466 e.